The van der Waals surface area contributed by atoms with Gasteiger partial charge in [0.2, 0.25) is 0 Å². The standard InChI is InChI=1S/C26H25FN2O3/c1-2-18-14-22(18)20-10-13-24(23(27)15-20)29-25(30)19-8-11-21(12-9-19)28-26(31)32-16-17-6-4-3-5-7-17/h3-13,15,18,22H,2,14,16H2,1H3,(H,28,31)(H,29,30)/t18-,22+/m0/s1. The van der Waals surface area contributed by atoms with Crippen LogP contribution in [0, 0.1) is 11.7 Å². The molecule has 164 valence electrons. The molecule has 32 heavy (non-hydrogen) atoms. The van der Waals surface area contributed by atoms with Crippen molar-refractivity contribution in [2.24, 2.45) is 5.92 Å². The number of carbonyl (C=O) groups is 2. The van der Waals surface area contributed by atoms with Crippen molar-refractivity contribution in [1.29, 1.82) is 0 Å². The molecule has 1 aliphatic rings. The molecule has 2 N–H and O–H groups in total. The fourth-order valence-electron chi connectivity index (χ4n) is 3.75. The van der Waals surface area contributed by atoms with E-state index >= 15 is 0 Å². The minimum Gasteiger partial charge on any atom is -0.444 e. The van der Waals surface area contributed by atoms with Crippen LogP contribution < -0.4 is 10.6 Å². The quantitative estimate of drug-likeness (QED) is 0.458. The summed E-state index contributed by atoms with van der Waals surface area (Å²) in [5.41, 5.74) is 2.87. The number of carbonyl (C=O) groups excluding carboxylic acids is 2. The Bertz CT molecular complexity index is 1100. The molecule has 3 aromatic carbocycles. The maximum absolute atomic E-state index is 14.5. The number of hydrogen-bond donors (Lipinski definition) is 2. The van der Waals surface area contributed by atoms with E-state index in [0.29, 0.717) is 23.1 Å². The Morgan fingerprint density at radius 1 is 1.00 bits per heavy atom. The SMILES string of the molecule is CC[C@H]1C[C@H]1c1ccc(NC(=O)c2ccc(NC(=O)OCc3ccccc3)cc2)c(F)c1. The van der Waals surface area contributed by atoms with Gasteiger partial charge in [-0.05, 0) is 65.8 Å². The predicted molar refractivity (Wildman–Crippen MR) is 122 cm³/mol. The first-order valence-corrected chi connectivity index (χ1v) is 10.7. The second kappa shape index (κ2) is 9.64. The second-order valence-electron chi connectivity index (χ2n) is 7.97. The number of benzene rings is 3. The Balaban J connectivity index is 1.30. The summed E-state index contributed by atoms with van der Waals surface area (Å²) in [5.74, 6) is 0.209. The van der Waals surface area contributed by atoms with Crippen LogP contribution in [-0.2, 0) is 11.3 Å². The van der Waals surface area contributed by atoms with E-state index in [1.165, 1.54) is 6.07 Å². The van der Waals surface area contributed by atoms with Crippen molar-refractivity contribution in [2.75, 3.05) is 10.6 Å². The minimum absolute atomic E-state index is 0.152. The molecule has 0 unspecified atom stereocenters. The number of nitrogens with one attached hydrogen (secondary N) is 2. The van der Waals surface area contributed by atoms with Gasteiger partial charge in [0, 0.05) is 11.3 Å². The first-order chi connectivity index (χ1) is 15.5. The lowest BCUT2D eigenvalue weighted by atomic mass is 10.1. The van der Waals surface area contributed by atoms with Gasteiger partial charge in [0.15, 0.2) is 0 Å². The highest BCUT2D eigenvalue weighted by molar-refractivity contribution is 6.04. The average molecular weight is 432 g/mol. The molecule has 3 aromatic rings. The molecule has 2 amide bonds. The molecule has 5 nitrogen and oxygen atoms in total. The summed E-state index contributed by atoms with van der Waals surface area (Å²) in [7, 11) is 0. The van der Waals surface area contributed by atoms with E-state index in [2.05, 4.69) is 17.6 Å². The second-order valence-corrected chi connectivity index (χ2v) is 7.97. The van der Waals surface area contributed by atoms with E-state index in [1.807, 2.05) is 36.4 Å². The first kappa shape index (κ1) is 21.6. The Morgan fingerprint density at radius 3 is 2.41 bits per heavy atom. The van der Waals surface area contributed by atoms with Gasteiger partial charge in [0.05, 0.1) is 5.69 Å². The minimum atomic E-state index is -0.589. The lowest BCUT2D eigenvalue weighted by Crippen LogP contribution is -2.15. The van der Waals surface area contributed by atoms with E-state index in [9.17, 15) is 14.0 Å². The molecule has 6 heteroatoms. The molecule has 1 aliphatic carbocycles. The zero-order valence-electron chi connectivity index (χ0n) is 17.8. The maximum Gasteiger partial charge on any atom is 0.411 e. The van der Waals surface area contributed by atoms with Crippen molar-refractivity contribution < 1.29 is 18.7 Å². The van der Waals surface area contributed by atoms with Gasteiger partial charge in [-0.3, -0.25) is 10.1 Å². The average Bonchev–Trinajstić information content (AvgIpc) is 3.60. The van der Waals surface area contributed by atoms with Crippen LogP contribution in [0.5, 0.6) is 0 Å². The molecule has 0 bridgehead atoms. The smallest absolute Gasteiger partial charge is 0.411 e. The number of rotatable bonds is 7. The van der Waals surface area contributed by atoms with Crippen LogP contribution in [-0.4, -0.2) is 12.0 Å². The van der Waals surface area contributed by atoms with Gasteiger partial charge in [0.1, 0.15) is 12.4 Å². The van der Waals surface area contributed by atoms with Gasteiger partial charge in [-0.2, -0.15) is 0 Å². The van der Waals surface area contributed by atoms with Gasteiger partial charge >= 0.3 is 6.09 Å². The number of hydrogen-bond acceptors (Lipinski definition) is 3. The van der Waals surface area contributed by atoms with Crippen molar-refractivity contribution in [1.82, 2.24) is 0 Å². The van der Waals surface area contributed by atoms with Gasteiger partial charge in [-0.15, -0.1) is 0 Å². The predicted octanol–water partition coefficient (Wildman–Crippen LogP) is 6.34. The molecule has 0 spiro atoms. The summed E-state index contributed by atoms with van der Waals surface area (Å²) in [6.07, 6.45) is 1.61. The van der Waals surface area contributed by atoms with Crippen molar-refractivity contribution >= 4 is 23.4 Å². The molecular formula is C26H25FN2O3. The molecule has 4 rings (SSSR count). The molecule has 2 atom stereocenters. The molecule has 1 fully saturated rings. The number of ether oxygens (including phenoxy) is 1. The normalized spacial score (nSPS) is 16.8. The van der Waals surface area contributed by atoms with Gasteiger partial charge in [-0.1, -0.05) is 49.7 Å². The first-order valence-electron chi connectivity index (χ1n) is 10.7. The van der Waals surface area contributed by atoms with Gasteiger partial charge in [0.25, 0.3) is 5.91 Å². The monoisotopic (exact) mass is 432 g/mol. The fourth-order valence-corrected chi connectivity index (χ4v) is 3.75. The van der Waals surface area contributed by atoms with Crippen LogP contribution in [0.2, 0.25) is 0 Å². The van der Waals surface area contributed by atoms with E-state index in [1.54, 1.807) is 30.3 Å². The molecule has 0 aromatic heterocycles. The number of halogens is 1. The van der Waals surface area contributed by atoms with Crippen molar-refractivity contribution in [2.45, 2.75) is 32.3 Å². The van der Waals surface area contributed by atoms with Gasteiger partial charge in [-0.25, -0.2) is 9.18 Å². The molecule has 0 heterocycles. The third-order valence-electron chi connectivity index (χ3n) is 5.72. The molecule has 0 radical (unpaired) electrons. The Morgan fingerprint density at radius 2 is 1.75 bits per heavy atom. The van der Waals surface area contributed by atoms with Gasteiger partial charge < -0.3 is 10.1 Å². The lowest BCUT2D eigenvalue weighted by Gasteiger charge is -2.10. The third-order valence-corrected chi connectivity index (χ3v) is 5.72. The summed E-state index contributed by atoms with van der Waals surface area (Å²) >= 11 is 0. The Kier molecular flexibility index (Phi) is 6.50. The van der Waals surface area contributed by atoms with Crippen LogP contribution in [0.3, 0.4) is 0 Å². The van der Waals surface area contributed by atoms with Crippen molar-refractivity contribution in [3.63, 3.8) is 0 Å². The zero-order valence-corrected chi connectivity index (χ0v) is 17.8. The zero-order chi connectivity index (χ0) is 22.5. The van der Waals surface area contributed by atoms with E-state index in [4.69, 9.17) is 4.74 Å². The van der Waals surface area contributed by atoms with Crippen LogP contribution in [0.4, 0.5) is 20.6 Å². The molecule has 1 saturated carbocycles. The topological polar surface area (TPSA) is 67.4 Å². The van der Waals surface area contributed by atoms with Crippen LogP contribution in [0.15, 0.2) is 72.8 Å². The van der Waals surface area contributed by atoms with E-state index in [-0.39, 0.29) is 12.3 Å². The Labute approximate surface area is 186 Å². The van der Waals surface area contributed by atoms with Crippen LogP contribution >= 0.6 is 0 Å². The van der Waals surface area contributed by atoms with Crippen molar-refractivity contribution in [3.05, 3.63) is 95.3 Å². The molecule has 0 aliphatic heterocycles. The fraction of sp³-hybridized carbons (Fsp3) is 0.231. The molecular weight excluding hydrogens is 407 g/mol. The highest BCUT2D eigenvalue weighted by Gasteiger charge is 2.36. The summed E-state index contributed by atoms with van der Waals surface area (Å²) in [5, 5.41) is 5.23. The highest BCUT2D eigenvalue weighted by atomic mass is 19.1. The summed E-state index contributed by atoms with van der Waals surface area (Å²) in [4.78, 5) is 24.4. The molecule has 0 saturated heterocycles. The lowest BCUT2D eigenvalue weighted by molar-refractivity contribution is 0.102. The van der Waals surface area contributed by atoms with E-state index in [0.717, 1.165) is 24.0 Å². The van der Waals surface area contributed by atoms with E-state index < -0.39 is 17.8 Å². The third kappa shape index (κ3) is 5.32. The maximum atomic E-state index is 14.5. The Hall–Kier alpha value is -3.67. The summed E-state index contributed by atoms with van der Waals surface area (Å²) < 4.78 is 19.6. The van der Waals surface area contributed by atoms with Crippen molar-refractivity contribution in [3.8, 4) is 0 Å². The number of amides is 2. The highest BCUT2D eigenvalue weighted by Crippen LogP contribution is 2.49. The largest absolute Gasteiger partial charge is 0.444 e. The number of anilines is 2. The van der Waals surface area contributed by atoms with Crippen LogP contribution in [0.25, 0.3) is 0 Å². The summed E-state index contributed by atoms with van der Waals surface area (Å²) in [6.45, 7) is 2.31. The summed E-state index contributed by atoms with van der Waals surface area (Å²) in [6, 6.07) is 20.7. The van der Waals surface area contributed by atoms with Crippen LogP contribution in [0.1, 0.15) is 47.2 Å².